The van der Waals surface area contributed by atoms with Crippen LogP contribution in [0.15, 0.2) is 18.2 Å². The predicted octanol–water partition coefficient (Wildman–Crippen LogP) is 1.26. The number of thiocarbonyl (C=S) groups is 1. The van der Waals surface area contributed by atoms with Crippen LogP contribution in [0.2, 0.25) is 0 Å². The van der Waals surface area contributed by atoms with Gasteiger partial charge >= 0.3 is 0 Å². The van der Waals surface area contributed by atoms with Crippen LogP contribution >= 0.6 is 12.2 Å². The van der Waals surface area contributed by atoms with Crippen LogP contribution < -0.4 is 15.8 Å². The molecule has 3 N–H and O–H groups in total. The Balaban J connectivity index is 2.06. The van der Waals surface area contributed by atoms with Gasteiger partial charge < -0.3 is 20.5 Å². The van der Waals surface area contributed by atoms with E-state index in [-0.39, 0.29) is 17.0 Å². The van der Waals surface area contributed by atoms with Gasteiger partial charge in [0.2, 0.25) is 0 Å². The van der Waals surface area contributed by atoms with E-state index in [0.717, 1.165) is 0 Å². The molecule has 2 rings (SSSR count). The van der Waals surface area contributed by atoms with Crippen molar-refractivity contribution in [2.24, 2.45) is 5.73 Å². The average molecular weight is 242 g/mol. The van der Waals surface area contributed by atoms with Crippen molar-refractivity contribution in [3.63, 3.8) is 0 Å². The summed E-state index contributed by atoms with van der Waals surface area (Å²) in [5, 5.41) is 2.74. The molecule has 1 fully saturated rings. The molecule has 0 radical (unpaired) electrons. The van der Waals surface area contributed by atoms with Gasteiger partial charge in [-0.2, -0.15) is 0 Å². The van der Waals surface area contributed by atoms with Gasteiger partial charge in [0.15, 0.2) is 16.7 Å². The number of benzene rings is 1. The van der Waals surface area contributed by atoms with Gasteiger partial charge in [0.25, 0.3) is 0 Å². The Bertz CT molecular complexity index is 410. The zero-order valence-corrected chi connectivity index (χ0v) is 9.22. The van der Waals surface area contributed by atoms with Crippen molar-refractivity contribution in [1.29, 1.82) is 0 Å². The number of nitrogens with two attached hydrogens (primary N) is 1. The molecule has 4 nitrogen and oxygen atoms in total. The third kappa shape index (κ3) is 2.59. The average Bonchev–Trinajstić information content (AvgIpc) is 2.12. The maximum atomic E-state index is 13.5. The number of ether oxygens (including phenoxy) is 2. The highest BCUT2D eigenvalue weighted by atomic mass is 32.1. The lowest BCUT2D eigenvalue weighted by atomic mass is 10.2. The second-order valence-electron chi connectivity index (χ2n) is 3.41. The summed E-state index contributed by atoms with van der Waals surface area (Å²) in [4.78, 5) is 0. The summed E-state index contributed by atoms with van der Waals surface area (Å²) >= 11 is 4.65. The van der Waals surface area contributed by atoms with E-state index in [2.05, 4.69) is 17.5 Å². The molecule has 1 heterocycles. The monoisotopic (exact) mass is 242 g/mol. The smallest absolute Gasteiger partial charge is 0.168 e. The molecule has 1 aliphatic rings. The molecule has 86 valence electrons. The quantitative estimate of drug-likeness (QED) is 0.781. The van der Waals surface area contributed by atoms with Gasteiger partial charge in [-0.15, -0.1) is 0 Å². The second-order valence-corrected chi connectivity index (χ2v) is 3.85. The lowest BCUT2D eigenvalue weighted by molar-refractivity contribution is -0.0808. The Labute approximate surface area is 97.5 Å². The molecular formula is C10H11FN2O2S. The number of nitrogens with one attached hydrogen (secondary N) is 1. The van der Waals surface area contributed by atoms with Gasteiger partial charge in [0, 0.05) is 11.8 Å². The molecule has 0 bridgehead atoms. The molecule has 0 unspecified atom stereocenters. The Morgan fingerprint density at radius 1 is 1.56 bits per heavy atom. The Hall–Kier alpha value is -1.40. The lowest BCUT2D eigenvalue weighted by Crippen LogP contribution is -2.38. The fourth-order valence-electron chi connectivity index (χ4n) is 1.28. The van der Waals surface area contributed by atoms with Crippen LogP contribution in [-0.2, 0) is 4.74 Å². The molecule has 1 aromatic rings. The molecule has 0 amide bonds. The van der Waals surface area contributed by atoms with Gasteiger partial charge in [-0.1, -0.05) is 0 Å². The van der Waals surface area contributed by atoms with Gasteiger partial charge in [-0.3, -0.25) is 0 Å². The Morgan fingerprint density at radius 2 is 2.31 bits per heavy atom. The van der Waals surface area contributed by atoms with Crippen molar-refractivity contribution in [3.05, 3.63) is 24.0 Å². The first-order chi connectivity index (χ1) is 7.65. The molecular weight excluding hydrogens is 231 g/mol. The number of hydrogen-bond donors (Lipinski definition) is 2. The highest BCUT2D eigenvalue weighted by molar-refractivity contribution is 7.80. The fourth-order valence-corrected chi connectivity index (χ4v) is 1.40. The summed E-state index contributed by atoms with van der Waals surface area (Å²) in [7, 11) is 0. The van der Waals surface area contributed by atoms with Gasteiger partial charge in [0.1, 0.15) is 6.10 Å². The van der Waals surface area contributed by atoms with Crippen molar-refractivity contribution in [1.82, 2.24) is 0 Å². The van der Waals surface area contributed by atoms with E-state index in [4.69, 9.17) is 15.2 Å². The summed E-state index contributed by atoms with van der Waals surface area (Å²) in [6, 6.07) is 4.47. The largest absolute Gasteiger partial charge is 0.483 e. The molecule has 1 aliphatic heterocycles. The number of rotatable bonds is 3. The summed E-state index contributed by atoms with van der Waals surface area (Å²) in [6.45, 7) is 1.01. The molecule has 16 heavy (non-hydrogen) atoms. The molecule has 0 aliphatic carbocycles. The van der Waals surface area contributed by atoms with Crippen molar-refractivity contribution < 1.29 is 13.9 Å². The Kier molecular flexibility index (Phi) is 3.21. The lowest BCUT2D eigenvalue weighted by Gasteiger charge is -2.26. The molecule has 0 atom stereocenters. The maximum absolute atomic E-state index is 13.5. The minimum atomic E-state index is -0.451. The van der Waals surface area contributed by atoms with Crippen molar-refractivity contribution in [2.75, 3.05) is 18.5 Å². The zero-order valence-electron chi connectivity index (χ0n) is 8.40. The summed E-state index contributed by atoms with van der Waals surface area (Å²) in [6.07, 6.45) is -0.0519. The number of hydrogen-bond acceptors (Lipinski definition) is 3. The van der Waals surface area contributed by atoms with E-state index in [1.165, 1.54) is 12.1 Å². The first kappa shape index (κ1) is 11.1. The first-order valence-electron chi connectivity index (χ1n) is 4.75. The first-order valence-corrected chi connectivity index (χ1v) is 5.16. The fraction of sp³-hybridized carbons (Fsp3) is 0.300. The minimum Gasteiger partial charge on any atom is -0.483 e. The van der Waals surface area contributed by atoms with Crippen molar-refractivity contribution in [2.45, 2.75) is 6.10 Å². The number of anilines is 1. The third-order valence-electron chi connectivity index (χ3n) is 2.10. The molecule has 1 saturated heterocycles. The van der Waals surface area contributed by atoms with Crippen LogP contribution in [0.25, 0.3) is 0 Å². The van der Waals surface area contributed by atoms with E-state index in [1.807, 2.05) is 0 Å². The van der Waals surface area contributed by atoms with E-state index in [0.29, 0.717) is 18.9 Å². The summed E-state index contributed by atoms with van der Waals surface area (Å²) < 4.78 is 23.8. The van der Waals surface area contributed by atoms with Crippen LogP contribution in [0.1, 0.15) is 0 Å². The van der Waals surface area contributed by atoms with Crippen molar-refractivity contribution >= 4 is 23.0 Å². The topological polar surface area (TPSA) is 56.5 Å². The molecule has 1 aromatic carbocycles. The van der Waals surface area contributed by atoms with E-state index in [9.17, 15) is 4.39 Å². The maximum Gasteiger partial charge on any atom is 0.168 e. The number of halogens is 1. The Morgan fingerprint density at radius 3 is 2.81 bits per heavy atom. The van der Waals surface area contributed by atoms with Crippen LogP contribution in [-0.4, -0.2) is 24.4 Å². The van der Waals surface area contributed by atoms with Crippen LogP contribution in [0.4, 0.5) is 10.1 Å². The van der Waals surface area contributed by atoms with Crippen LogP contribution in [0.5, 0.6) is 5.75 Å². The highest BCUT2D eigenvalue weighted by Gasteiger charge is 2.21. The molecule has 0 aromatic heterocycles. The molecule has 0 spiro atoms. The zero-order chi connectivity index (χ0) is 11.5. The highest BCUT2D eigenvalue weighted by Crippen LogP contribution is 2.23. The van der Waals surface area contributed by atoms with Crippen molar-refractivity contribution in [3.8, 4) is 5.75 Å². The second kappa shape index (κ2) is 4.63. The minimum absolute atomic E-state index is 0.0519. The standard InChI is InChI=1S/C10H11FN2O2S/c11-8-3-6(13-10(12)16)1-2-9(8)15-7-4-14-5-7/h1-3,7H,4-5H2,(H3,12,13,16). The SMILES string of the molecule is NC(=S)Nc1ccc(OC2COC2)c(F)c1. The van der Waals surface area contributed by atoms with Gasteiger partial charge in [-0.25, -0.2) is 4.39 Å². The third-order valence-corrected chi connectivity index (χ3v) is 2.20. The van der Waals surface area contributed by atoms with Crippen LogP contribution in [0, 0.1) is 5.82 Å². The van der Waals surface area contributed by atoms with Crippen LogP contribution in [0.3, 0.4) is 0 Å². The molecule has 6 heteroatoms. The van der Waals surface area contributed by atoms with Gasteiger partial charge in [-0.05, 0) is 24.4 Å². The van der Waals surface area contributed by atoms with Gasteiger partial charge in [0.05, 0.1) is 13.2 Å². The van der Waals surface area contributed by atoms with E-state index in [1.54, 1.807) is 6.07 Å². The van der Waals surface area contributed by atoms with E-state index < -0.39 is 5.82 Å². The molecule has 0 saturated carbocycles. The predicted molar refractivity (Wildman–Crippen MR) is 62.0 cm³/mol. The summed E-state index contributed by atoms with van der Waals surface area (Å²) in [5.74, 6) is -0.241. The van der Waals surface area contributed by atoms with E-state index >= 15 is 0 Å². The normalized spacial score (nSPS) is 15.3. The summed E-state index contributed by atoms with van der Waals surface area (Å²) in [5.41, 5.74) is 5.78.